The van der Waals surface area contributed by atoms with Crippen molar-refractivity contribution in [2.24, 2.45) is 0 Å². The van der Waals surface area contributed by atoms with Crippen molar-refractivity contribution in [3.8, 4) is 0 Å². The molecule has 1 fully saturated rings. The van der Waals surface area contributed by atoms with Crippen molar-refractivity contribution in [3.63, 3.8) is 0 Å². The first-order chi connectivity index (χ1) is 9.47. The number of carbonyl (C=O) groups is 3. The summed E-state index contributed by atoms with van der Waals surface area (Å²) in [5.41, 5.74) is 2.03. The number of benzene rings is 1. The van der Waals surface area contributed by atoms with Crippen molar-refractivity contribution in [2.45, 2.75) is 19.9 Å². The van der Waals surface area contributed by atoms with Gasteiger partial charge in [-0.15, -0.1) is 0 Å². The molecule has 1 heterocycles. The Morgan fingerprint density at radius 3 is 2.60 bits per heavy atom. The number of aryl methyl sites for hydroxylation is 1. The Morgan fingerprint density at radius 2 is 1.95 bits per heavy atom. The highest BCUT2D eigenvalue weighted by molar-refractivity contribution is 6.06. The van der Waals surface area contributed by atoms with E-state index in [1.165, 1.54) is 11.0 Å². The lowest BCUT2D eigenvalue weighted by Crippen LogP contribution is -2.58. The Morgan fingerprint density at radius 1 is 1.30 bits per heavy atom. The van der Waals surface area contributed by atoms with E-state index in [0.717, 1.165) is 11.1 Å². The summed E-state index contributed by atoms with van der Waals surface area (Å²) in [6.07, 6.45) is 3.05. The minimum absolute atomic E-state index is 0.0933. The van der Waals surface area contributed by atoms with Crippen LogP contribution in [0.3, 0.4) is 0 Å². The summed E-state index contributed by atoms with van der Waals surface area (Å²) >= 11 is 0. The van der Waals surface area contributed by atoms with Gasteiger partial charge in [-0.25, -0.2) is 0 Å². The molecule has 104 valence electrons. The summed E-state index contributed by atoms with van der Waals surface area (Å²) in [5, 5.41) is 2.20. The van der Waals surface area contributed by atoms with Crippen LogP contribution >= 0.6 is 0 Å². The summed E-state index contributed by atoms with van der Waals surface area (Å²) < 4.78 is 0. The molecular weight excluding hydrogens is 256 g/mol. The average Bonchev–Trinajstić information content (AvgIpc) is 2.42. The van der Waals surface area contributed by atoms with Gasteiger partial charge in [0, 0.05) is 6.08 Å². The van der Waals surface area contributed by atoms with Crippen LogP contribution in [0.4, 0.5) is 0 Å². The monoisotopic (exact) mass is 272 g/mol. The van der Waals surface area contributed by atoms with Crippen LogP contribution in [0, 0.1) is 6.92 Å². The molecule has 20 heavy (non-hydrogen) atoms. The lowest BCUT2D eigenvalue weighted by Gasteiger charge is -2.30. The summed E-state index contributed by atoms with van der Waals surface area (Å²) in [6, 6.07) is 7.06. The van der Waals surface area contributed by atoms with Gasteiger partial charge in [0.1, 0.15) is 12.6 Å². The Hall–Kier alpha value is -2.43. The normalized spacial score (nSPS) is 19.3. The zero-order chi connectivity index (χ0) is 14.7. The van der Waals surface area contributed by atoms with Crippen LogP contribution < -0.4 is 5.32 Å². The molecule has 0 bridgehead atoms. The Bertz CT molecular complexity index is 575. The van der Waals surface area contributed by atoms with Crippen molar-refractivity contribution >= 4 is 23.8 Å². The third-order valence-electron chi connectivity index (χ3n) is 3.20. The van der Waals surface area contributed by atoms with Gasteiger partial charge in [-0.2, -0.15) is 0 Å². The SMILES string of the molecule is Cc1ccc(C=CC(=O)N2CC(=O)NC(=O)C2C)cc1. The number of hydrogen-bond acceptors (Lipinski definition) is 3. The Labute approximate surface area is 117 Å². The lowest BCUT2D eigenvalue weighted by atomic mass is 10.1. The quantitative estimate of drug-likeness (QED) is 0.642. The molecule has 1 aromatic carbocycles. The van der Waals surface area contributed by atoms with Crippen molar-refractivity contribution in [2.75, 3.05) is 6.54 Å². The molecule has 1 aliphatic heterocycles. The van der Waals surface area contributed by atoms with Gasteiger partial charge < -0.3 is 4.90 Å². The second-order valence-electron chi connectivity index (χ2n) is 4.80. The van der Waals surface area contributed by atoms with Crippen molar-refractivity contribution < 1.29 is 14.4 Å². The van der Waals surface area contributed by atoms with E-state index in [2.05, 4.69) is 5.32 Å². The summed E-state index contributed by atoms with van der Waals surface area (Å²) in [6.45, 7) is 3.49. The third kappa shape index (κ3) is 3.12. The van der Waals surface area contributed by atoms with E-state index in [9.17, 15) is 14.4 Å². The van der Waals surface area contributed by atoms with E-state index >= 15 is 0 Å². The number of nitrogens with zero attached hydrogens (tertiary/aromatic N) is 1. The molecular formula is C15H16N2O3. The Balaban J connectivity index is 2.09. The summed E-state index contributed by atoms with van der Waals surface area (Å²) in [4.78, 5) is 36.1. The maximum atomic E-state index is 12.0. The molecule has 0 spiro atoms. The fourth-order valence-electron chi connectivity index (χ4n) is 1.92. The fourth-order valence-corrected chi connectivity index (χ4v) is 1.92. The van der Waals surface area contributed by atoms with Gasteiger partial charge in [0.25, 0.3) is 0 Å². The number of hydrogen-bond donors (Lipinski definition) is 1. The van der Waals surface area contributed by atoms with Crippen LogP contribution in [0.2, 0.25) is 0 Å². The van der Waals surface area contributed by atoms with Crippen LogP contribution in [0.5, 0.6) is 0 Å². The van der Waals surface area contributed by atoms with E-state index < -0.39 is 17.9 Å². The van der Waals surface area contributed by atoms with Gasteiger partial charge >= 0.3 is 0 Å². The molecule has 0 radical (unpaired) electrons. The van der Waals surface area contributed by atoms with Gasteiger partial charge in [-0.05, 0) is 25.5 Å². The van der Waals surface area contributed by atoms with Gasteiger partial charge in [0.2, 0.25) is 17.7 Å². The molecule has 3 amide bonds. The molecule has 2 rings (SSSR count). The molecule has 1 aromatic rings. The van der Waals surface area contributed by atoms with Crippen molar-refractivity contribution in [1.82, 2.24) is 10.2 Å². The predicted molar refractivity (Wildman–Crippen MR) is 74.5 cm³/mol. The van der Waals surface area contributed by atoms with Gasteiger partial charge in [0.15, 0.2) is 0 Å². The maximum Gasteiger partial charge on any atom is 0.249 e. The Kier molecular flexibility index (Phi) is 3.98. The zero-order valence-electron chi connectivity index (χ0n) is 11.4. The molecule has 1 atom stereocenters. The third-order valence-corrected chi connectivity index (χ3v) is 3.20. The smallest absolute Gasteiger partial charge is 0.249 e. The second kappa shape index (κ2) is 5.69. The highest BCUT2D eigenvalue weighted by Gasteiger charge is 2.32. The number of piperazine rings is 1. The van der Waals surface area contributed by atoms with Gasteiger partial charge in [-0.1, -0.05) is 29.8 Å². The van der Waals surface area contributed by atoms with Crippen LogP contribution in [0.15, 0.2) is 30.3 Å². The summed E-state index contributed by atoms with van der Waals surface area (Å²) in [7, 11) is 0. The molecule has 5 nitrogen and oxygen atoms in total. The maximum absolute atomic E-state index is 12.0. The van der Waals surface area contributed by atoms with Crippen LogP contribution in [0.1, 0.15) is 18.1 Å². The number of amides is 3. The van der Waals surface area contributed by atoms with Gasteiger partial charge in [-0.3, -0.25) is 19.7 Å². The van der Waals surface area contributed by atoms with E-state index in [4.69, 9.17) is 0 Å². The molecule has 1 saturated heterocycles. The molecule has 0 saturated carbocycles. The molecule has 5 heteroatoms. The zero-order valence-corrected chi connectivity index (χ0v) is 11.4. The van der Waals surface area contributed by atoms with Crippen LogP contribution in [-0.4, -0.2) is 35.2 Å². The molecule has 1 aliphatic rings. The first-order valence-corrected chi connectivity index (χ1v) is 6.36. The predicted octanol–water partition coefficient (Wildman–Crippen LogP) is 0.882. The number of carbonyl (C=O) groups excluding carboxylic acids is 3. The lowest BCUT2D eigenvalue weighted by molar-refractivity contribution is -0.147. The minimum atomic E-state index is -0.636. The van der Waals surface area contributed by atoms with Gasteiger partial charge in [0.05, 0.1) is 0 Å². The second-order valence-corrected chi connectivity index (χ2v) is 4.80. The average molecular weight is 272 g/mol. The number of nitrogens with one attached hydrogen (secondary N) is 1. The van der Waals surface area contributed by atoms with E-state index in [0.29, 0.717) is 0 Å². The number of rotatable bonds is 2. The molecule has 1 N–H and O–H groups in total. The molecule has 0 aromatic heterocycles. The topological polar surface area (TPSA) is 66.5 Å². The first kappa shape index (κ1) is 14.0. The van der Waals surface area contributed by atoms with Crippen LogP contribution in [-0.2, 0) is 14.4 Å². The largest absolute Gasteiger partial charge is 0.318 e. The van der Waals surface area contributed by atoms with E-state index in [-0.39, 0.29) is 12.5 Å². The standard InChI is InChI=1S/C15H16N2O3/c1-10-3-5-12(6-4-10)7-8-14(19)17-9-13(18)16-15(20)11(17)2/h3-8,11H,9H2,1-2H3,(H,16,18,20). The van der Waals surface area contributed by atoms with Crippen molar-refractivity contribution in [3.05, 3.63) is 41.5 Å². The number of imide groups is 1. The van der Waals surface area contributed by atoms with E-state index in [1.807, 2.05) is 31.2 Å². The molecule has 0 aliphatic carbocycles. The molecule has 1 unspecified atom stereocenters. The van der Waals surface area contributed by atoms with Crippen LogP contribution in [0.25, 0.3) is 6.08 Å². The minimum Gasteiger partial charge on any atom is -0.318 e. The first-order valence-electron chi connectivity index (χ1n) is 6.36. The highest BCUT2D eigenvalue weighted by atomic mass is 16.2. The highest BCUT2D eigenvalue weighted by Crippen LogP contribution is 2.09. The van der Waals surface area contributed by atoms with E-state index in [1.54, 1.807) is 13.0 Å². The summed E-state index contributed by atoms with van der Waals surface area (Å²) in [5.74, 6) is -1.25. The fraction of sp³-hybridized carbons (Fsp3) is 0.267. The van der Waals surface area contributed by atoms with Crippen molar-refractivity contribution in [1.29, 1.82) is 0 Å².